The van der Waals surface area contributed by atoms with E-state index in [-0.39, 0.29) is 5.91 Å². The molecular formula is C14H23N3O. The number of nitrogens with zero attached hydrogens (tertiary/aromatic N) is 2. The molecule has 0 radical (unpaired) electrons. The molecule has 0 aliphatic rings. The van der Waals surface area contributed by atoms with Gasteiger partial charge in [0.05, 0.1) is 0 Å². The first-order valence-electron chi connectivity index (χ1n) is 6.19. The molecule has 0 aliphatic carbocycles. The maximum absolute atomic E-state index is 11.5. The highest BCUT2D eigenvalue weighted by Crippen LogP contribution is 2.06. The third kappa shape index (κ3) is 4.85. The lowest BCUT2D eigenvalue weighted by Gasteiger charge is -2.18. The summed E-state index contributed by atoms with van der Waals surface area (Å²) in [5.74, 6) is 0.167. The van der Waals surface area contributed by atoms with Crippen LogP contribution in [0, 0.1) is 0 Å². The van der Waals surface area contributed by atoms with E-state index in [1.165, 1.54) is 5.56 Å². The molecule has 0 heterocycles. The topological polar surface area (TPSA) is 49.6 Å². The Morgan fingerprint density at radius 1 is 1.11 bits per heavy atom. The number of carbonyl (C=O) groups excluding carboxylic acids is 1. The van der Waals surface area contributed by atoms with Crippen molar-refractivity contribution >= 4 is 5.91 Å². The highest BCUT2D eigenvalue weighted by Gasteiger charge is 2.06. The predicted molar refractivity (Wildman–Crippen MR) is 74.0 cm³/mol. The van der Waals surface area contributed by atoms with Crippen LogP contribution >= 0.6 is 0 Å². The van der Waals surface area contributed by atoms with Crippen molar-refractivity contribution in [3.63, 3.8) is 0 Å². The van der Waals surface area contributed by atoms with Gasteiger partial charge in [-0.3, -0.25) is 4.79 Å². The van der Waals surface area contributed by atoms with Crippen molar-refractivity contribution in [3.05, 3.63) is 35.4 Å². The van der Waals surface area contributed by atoms with E-state index in [0.29, 0.717) is 13.0 Å². The van der Waals surface area contributed by atoms with Crippen LogP contribution < -0.4 is 5.73 Å². The van der Waals surface area contributed by atoms with E-state index in [0.717, 1.165) is 18.7 Å². The molecule has 1 aromatic carbocycles. The largest absolute Gasteiger partial charge is 0.349 e. The van der Waals surface area contributed by atoms with E-state index < -0.39 is 0 Å². The molecule has 0 spiro atoms. The molecule has 0 fully saturated rings. The van der Waals surface area contributed by atoms with E-state index in [1.54, 1.807) is 19.0 Å². The molecule has 0 aliphatic heterocycles. The summed E-state index contributed by atoms with van der Waals surface area (Å²) in [5, 5.41) is 0. The molecule has 18 heavy (non-hydrogen) atoms. The second-order valence-corrected chi connectivity index (χ2v) is 4.80. The minimum atomic E-state index is 0.167. The lowest BCUT2D eigenvalue weighted by Crippen LogP contribution is -2.27. The highest BCUT2D eigenvalue weighted by molar-refractivity contribution is 5.75. The molecule has 1 rings (SSSR count). The maximum atomic E-state index is 11.5. The SMILES string of the molecule is CN(CCC(=O)N(C)C)Cc1ccc(CN)cc1. The molecule has 4 heteroatoms. The number of rotatable bonds is 6. The second-order valence-electron chi connectivity index (χ2n) is 4.80. The summed E-state index contributed by atoms with van der Waals surface area (Å²) >= 11 is 0. The van der Waals surface area contributed by atoms with Gasteiger partial charge >= 0.3 is 0 Å². The number of benzene rings is 1. The van der Waals surface area contributed by atoms with Gasteiger partial charge in [0.2, 0.25) is 5.91 Å². The van der Waals surface area contributed by atoms with Crippen LogP contribution in [0.4, 0.5) is 0 Å². The average molecular weight is 249 g/mol. The predicted octanol–water partition coefficient (Wildman–Crippen LogP) is 1.06. The summed E-state index contributed by atoms with van der Waals surface area (Å²) in [7, 11) is 5.60. The summed E-state index contributed by atoms with van der Waals surface area (Å²) in [4.78, 5) is 15.2. The molecule has 0 saturated carbocycles. The zero-order chi connectivity index (χ0) is 13.5. The number of amides is 1. The van der Waals surface area contributed by atoms with Crippen LogP contribution in [-0.4, -0.2) is 43.4 Å². The Morgan fingerprint density at radius 2 is 1.67 bits per heavy atom. The van der Waals surface area contributed by atoms with E-state index in [1.807, 2.05) is 19.2 Å². The number of carbonyl (C=O) groups is 1. The second kappa shape index (κ2) is 7.13. The fourth-order valence-electron chi connectivity index (χ4n) is 1.68. The lowest BCUT2D eigenvalue weighted by molar-refractivity contribution is -0.129. The molecule has 1 amide bonds. The molecular weight excluding hydrogens is 226 g/mol. The summed E-state index contributed by atoms with van der Waals surface area (Å²) in [6, 6.07) is 8.28. The zero-order valence-corrected chi connectivity index (χ0v) is 11.5. The third-order valence-corrected chi connectivity index (χ3v) is 2.92. The average Bonchev–Trinajstić information content (AvgIpc) is 2.36. The molecule has 0 aromatic heterocycles. The van der Waals surface area contributed by atoms with Crippen molar-refractivity contribution in [1.29, 1.82) is 0 Å². The first kappa shape index (κ1) is 14.7. The van der Waals surface area contributed by atoms with Crippen molar-refractivity contribution in [2.75, 3.05) is 27.7 Å². The summed E-state index contributed by atoms with van der Waals surface area (Å²) in [6.45, 7) is 2.20. The van der Waals surface area contributed by atoms with Gasteiger partial charge in [0.15, 0.2) is 0 Å². The third-order valence-electron chi connectivity index (χ3n) is 2.92. The van der Waals surface area contributed by atoms with E-state index >= 15 is 0 Å². The zero-order valence-electron chi connectivity index (χ0n) is 11.5. The first-order chi connectivity index (χ1) is 8.52. The monoisotopic (exact) mass is 249 g/mol. The van der Waals surface area contributed by atoms with Gasteiger partial charge in [0.25, 0.3) is 0 Å². The Balaban J connectivity index is 2.39. The number of hydrogen-bond acceptors (Lipinski definition) is 3. The fraction of sp³-hybridized carbons (Fsp3) is 0.500. The molecule has 1 aromatic rings. The van der Waals surface area contributed by atoms with Crippen LogP contribution in [0.5, 0.6) is 0 Å². The van der Waals surface area contributed by atoms with Gasteiger partial charge in [-0.05, 0) is 18.2 Å². The van der Waals surface area contributed by atoms with Crippen LogP contribution in [0.25, 0.3) is 0 Å². The summed E-state index contributed by atoms with van der Waals surface area (Å²) < 4.78 is 0. The van der Waals surface area contributed by atoms with Gasteiger partial charge in [-0.2, -0.15) is 0 Å². The smallest absolute Gasteiger partial charge is 0.223 e. The molecule has 2 N–H and O–H groups in total. The molecule has 100 valence electrons. The van der Waals surface area contributed by atoms with Crippen LogP contribution in [-0.2, 0) is 17.9 Å². The van der Waals surface area contributed by atoms with Crippen LogP contribution in [0.2, 0.25) is 0 Å². The van der Waals surface area contributed by atoms with Gasteiger partial charge in [0, 0.05) is 40.2 Å². The standard InChI is InChI=1S/C14H23N3O/c1-16(2)14(18)8-9-17(3)11-13-6-4-12(10-15)5-7-13/h4-7H,8-11,15H2,1-3H3. The van der Waals surface area contributed by atoms with E-state index in [9.17, 15) is 4.79 Å². The molecule has 0 saturated heterocycles. The van der Waals surface area contributed by atoms with Gasteiger partial charge in [-0.1, -0.05) is 24.3 Å². The molecule has 0 unspecified atom stereocenters. The Hall–Kier alpha value is -1.39. The quantitative estimate of drug-likeness (QED) is 0.820. The first-order valence-corrected chi connectivity index (χ1v) is 6.19. The Kier molecular flexibility index (Phi) is 5.82. The van der Waals surface area contributed by atoms with Gasteiger partial charge in [-0.25, -0.2) is 0 Å². The van der Waals surface area contributed by atoms with Crippen molar-refractivity contribution in [2.24, 2.45) is 5.73 Å². The molecule has 0 atom stereocenters. The normalized spacial score (nSPS) is 10.7. The van der Waals surface area contributed by atoms with Crippen LogP contribution in [0.3, 0.4) is 0 Å². The minimum Gasteiger partial charge on any atom is -0.349 e. The Bertz CT molecular complexity index is 373. The number of hydrogen-bond donors (Lipinski definition) is 1. The van der Waals surface area contributed by atoms with E-state index in [4.69, 9.17) is 5.73 Å². The van der Waals surface area contributed by atoms with Crippen LogP contribution in [0.15, 0.2) is 24.3 Å². The number of nitrogens with two attached hydrogens (primary N) is 1. The maximum Gasteiger partial charge on any atom is 0.223 e. The highest BCUT2D eigenvalue weighted by atomic mass is 16.2. The summed E-state index contributed by atoms with van der Waals surface area (Å²) in [6.07, 6.45) is 0.560. The van der Waals surface area contributed by atoms with Gasteiger partial charge < -0.3 is 15.5 Å². The summed E-state index contributed by atoms with van der Waals surface area (Å²) in [5.41, 5.74) is 7.94. The minimum absolute atomic E-state index is 0.167. The molecule has 4 nitrogen and oxygen atoms in total. The molecule has 0 bridgehead atoms. The lowest BCUT2D eigenvalue weighted by atomic mass is 10.1. The van der Waals surface area contributed by atoms with Crippen molar-refractivity contribution < 1.29 is 4.79 Å². The van der Waals surface area contributed by atoms with Crippen molar-refractivity contribution in [1.82, 2.24) is 9.80 Å². The van der Waals surface area contributed by atoms with Gasteiger partial charge in [-0.15, -0.1) is 0 Å². The Morgan fingerprint density at radius 3 is 2.17 bits per heavy atom. The van der Waals surface area contributed by atoms with Crippen molar-refractivity contribution in [3.8, 4) is 0 Å². The van der Waals surface area contributed by atoms with Gasteiger partial charge in [0.1, 0.15) is 0 Å². The van der Waals surface area contributed by atoms with Crippen molar-refractivity contribution in [2.45, 2.75) is 19.5 Å². The fourth-order valence-corrected chi connectivity index (χ4v) is 1.68. The van der Waals surface area contributed by atoms with Crippen LogP contribution in [0.1, 0.15) is 17.5 Å². The Labute approximate surface area is 109 Å². The van der Waals surface area contributed by atoms with E-state index in [2.05, 4.69) is 17.0 Å².